The van der Waals surface area contributed by atoms with Crippen LogP contribution in [-0.2, 0) is 0 Å². The summed E-state index contributed by atoms with van der Waals surface area (Å²) in [7, 11) is 1.62. The van der Waals surface area contributed by atoms with Gasteiger partial charge in [0.2, 0.25) is 5.95 Å². The molecule has 0 saturated carbocycles. The predicted octanol–water partition coefficient (Wildman–Crippen LogP) is 1.02. The number of hydrogen-bond acceptors (Lipinski definition) is 7. The Morgan fingerprint density at radius 3 is 2.62 bits per heavy atom. The van der Waals surface area contributed by atoms with E-state index in [9.17, 15) is 0 Å². The number of nitrogens with two attached hydrogens (primary N) is 1. The summed E-state index contributed by atoms with van der Waals surface area (Å²) in [6.45, 7) is 1.83. The summed E-state index contributed by atoms with van der Waals surface area (Å²) in [6, 6.07) is 7.42. The molecule has 8 heteroatoms. The second kappa shape index (κ2) is 5.16. The average molecular weight is 283 g/mol. The molecule has 0 saturated heterocycles. The van der Waals surface area contributed by atoms with Crippen LogP contribution in [0.15, 0.2) is 30.5 Å². The van der Waals surface area contributed by atoms with Crippen molar-refractivity contribution in [2.75, 3.05) is 12.8 Å². The minimum absolute atomic E-state index is 0.222. The Kier molecular flexibility index (Phi) is 3.19. The molecule has 0 aliphatic heterocycles. The molecule has 0 unspecified atom stereocenters. The van der Waals surface area contributed by atoms with Gasteiger partial charge in [-0.1, -0.05) is 0 Å². The van der Waals surface area contributed by atoms with Gasteiger partial charge in [-0.05, 0) is 41.6 Å². The van der Waals surface area contributed by atoms with Crippen LogP contribution >= 0.6 is 0 Å². The number of benzene rings is 1. The second-order valence-corrected chi connectivity index (χ2v) is 4.34. The van der Waals surface area contributed by atoms with Crippen molar-refractivity contribution in [3.05, 3.63) is 36.2 Å². The third kappa shape index (κ3) is 2.38. The molecule has 2 heterocycles. The Hall–Kier alpha value is -3.03. The molecule has 8 nitrogen and oxygen atoms in total. The molecule has 0 amide bonds. The Morgan fingerprint density at radius 2 is 1.95 bits per heavy atom. The lowest BCUT2D eigenvalue weighted by Crippen LogP contribution is -2.03. The van der Waals surface area contributed by atoms with Crippen LogP contribution in [0.3, 0.4) is 0 Å². The summed E-state index contributed by atoms with van der Waals surface area (Å²) in [4.78, 5) is 8.13. The molecule has 3 aromatic rings. The van der Waals surface area contributed by atoms with Crippen molar-refractivity contribution in [2.45, 2.75) is 6.92 Å². The van der Waals surface area contributed by atoms with E-state index in [1.807, 2.05) is 31.2 Å². The van der Waals surface area contributed by atoms with Crippen LogP contribution in [-0.4, -0.2) is 37.3 Å². The Bertz CT molecular complexity index is 766. The van der Waals surface area contributed by atoms with E-state index in [-0.39, 0.29) is 5.95 Å². The van der Waals surface area contributed by atoms with Gasteiger partial charge in [0, 0.05) is 6.20 Å². The second-order valence-electron chi connectivity index (χ2n) is 4.34. The SMILES string of the molecule is COc1ccc(-n2nnnc2-c2cnc(N)nc2C)cc1. The van der Waals surface area contributed by atoms with Crippen molar-refractivity contribution in [2.24, 2.45) is 0 Å². The summed E-state index contributed by atoms with van der Waals surface area (Å²) in [6.07, 6.45) is 1.61. The maximum Gasteiger partial charge on any atom is 0.220 e. The molecule has 1 aromatic carbocycles. The minimum Gasteiger partial charge on any atom is -0.497 e. The highest BCUT2D eigenvalue weighted by molar-refractivity contribution is 5.59. The van der Waals surface area contributed by atoms with Crippen molar-refractivity contribution in [3.63, 3.8) is 0 Å². The van der Waals surface area contributed by atoms with Crippen LogP contribution in [0.5, 0.6) is 5.75 Å². The average Bonchev–Trinajstić information content (AvgIpc) is 2.96. The molecule has 3 rings (SSSR count). The highest BCUT2D eigenvalue weighted by Gasteiger charge is 2.14. The van der Waals surface area contributed by atoms with E-state index in [0.29, 0.717) is 11.5 Å². The Balaban J connectivity index is 2.07. The predicted molar refractivity (Wildman–Crippen MR) is 75.9 cm³/mol. The van der Waals surface area contributed by atoms with Crippen LogP contribution in [0.4, 0.5) is 5.95 Å². The number of tetrazole rings is 1. The molecule has 106 valence electrons. The molecular formula is C13H13N7O. The number of ether oxygens (including phenoxy) is 1. The first-order valence-corrected chi connectivity index (χ1v) is 6.21. The quantitative estimate of drug-likeness (QED) is 0.765. The van der Waals surface area contributed by atoms with Crippen molar-refractivity contribution in [1.29, 1.82) is 0 Å². The molecule has 21 heavy (non-hydrogen) atoms. The largest absolute Gasteiger partial charge is 0.497 e. The van der Waals surface area contributed by atoms with E-state index >= 15 is 0 Å². The molecular weight excluding hydrogens is 270 g/mol. The van der Waals surface area contributed by atoms with Gasteiger partial charge in [0.1, 0.15) is 5.75 Å². The smallest absolute Gasteiger partial charge is 0.220 e. The first-order chi connectivity index (χ1) is 10.2. The molecule has 0 spiro atoms. The molecule has 0 aliphatic rings. The summed E-state index contributed by atoms with van der Waals surface area (Å²) in [5.41, 5.74) is 7.82. The molecule has 0 bridgehead atoms. The fourth-order valence-electron chi connectivity index (χ4n) is 1.96. The van der Waals surface area contributed by atoms with Crippen LogP contribution in [0.25, 0.3) is 17.1 Å². The first-order valence-electron chi connectivity index (χ1n) is 6.21. The standard InChI is InChI=1S/C13H13N7O/c1-8-11(7-15-13(14)16-8)12-17-18-19-20(12)9-3-5-10(21-2)6-4-9/h3-7H,1-2H3,(H2,14,15,16). The number of aryl methyl sites for hydroxylation is 1. The third-order valence-corrected chi connectivity index (χ3v) is 3.03. The maximum absolute atomic E-state index is 5.57. The molecule has 0 radical (unpaired) electrons. The van der Waals surface area contributed by atoms with Crippen molar-refractivity contribution in [1.82, 2.24) is 30.2 Å². The van der Waals surface area contributed by atoms with Crippen molar-refractivity contribution in [3.8, 4) is 22.8 Å². The lowest BCUT2D eigenvalue weighted by atomic mass is 10.2. The Labute approximate surface area is 120 Å². The van der Waals surface area contributed by atoms with E-state index in [0.717, 1.165) is 17.0 Å². The summed E-state index contributed by atoms with van der Waals surface area (Å²) < 4.78 is 6.75. The van der Waals surface area contributed by atoms with Crippen molar-refractivity contribution < 1.29 is 4.74 Å². The van der Waals surface area contributed by atoms with Gasteiger partial charge in [-0.2, -0.15) is 4.68 Å². The van der Waals surface area contributed by atoms with Gasteiger partial charge in [-0.15, -0.1) is 5.10 Å². The summed E-state index contributed by atoms with van der Waals surface area (Å²) in [5, 5.41) is 11.8. The van der Waals surface area contributed by atoms with E-state index in [2.05, 4.69) is 25.5 Å². The summed E-state index contributed by atoms with van der Waals surface area (Å²) >= 11 is 0. The molecule has 2 N–H and O–H groups in total. The van der Waals surface area contributed by atoms with Crippen LogP contribution in [0, 0.1) is 6.92 Å². The van der Waals surface area contributed by atoms with Gasteiger partial charge in [-0.3, -0.25) is 0 Å². The lowest BCUT2D eigenvalue weighted by molar-refractivity contribution is 0.414. The number of nitrogens with zero attached hydrogens (tertiary/aromatic N) is 6. The highest BCUT2D eigenvalue weighted by Crippen LogP contribution is 2.22. The van der Waals surface area contributed by atoms with E-state index < -0.39 is 0 Å². The summed E-state index contributed by atoms with van der Waals surface area (Å²) in [5.74, 6) is 1.54. The topological polar surface area (TPSA) is 105 Å². The zero-order chi connectivity index (χ0) is 14.8. The van der Waals surface area contributed by atoms with Gasteiger partial charge in [0.15, 0.2) is 5.82 Å². The fourth-order valence-corrected chi connectivity index (χ4v) is 1.96. The third-order valence-electron chi connectivity index (χ3n) is 3.03. The van der Waals surface area contributed by atoms with Gasteiger partial charge in [-0.25, -0.2) is 9.97 Å². The first kappa shape index (κ1) is 13.0. The number of aromatic nitrogens is 6. The number of anilines is 1. The number of hydrogen-bond donors (Lipinski definition) is 1. The molecule has 0 atom stereocenters. The monoisotopic (exact) mass is 283 g/mol. The minimum atomic E-state index is 0.222. The van der Waals surface area contributed by atoms with Crippen LogP contribution < -0.4 is 10.5 Å². The fraction of sp³-hybridized carbons (Fsp3) is 0.154. The lowest BCUT2D eigenvalue weighted by Gasteiger charge is -2.07. The van der Waals surface area contributed by atoms with Crippen molar-refractivity contribution >= 4 is 5.95 Å². The van der Waals surface area contributed by atoms with E-state index in [1.54, 1.807) is 18.0 Å². The van der Waals surface area contributed by atoms with Gasteiger partial charge in [0.05, 0.1) is 24.1 Å². The van der Waals surface area contributed by atoms with Gasteiger partial charge in [0.25, 0.3) is 0 Å². The zero-order valence-corrected chi connectivity index (χ0v) is 11.6. The Morgan fingerprint density at radius 1 is 1.19 bits per heavy atom. The molecule has 2 aromatic heterocycles. The maximum atomic E-state index is 5.57. The highest BCUT2D eigenvalue weighted by atomic mass is 16.5. The zero-order valence-electron chi connectivity index (χ0n) is 11.6. The number of rotatable bonds is 3. The van der Waals surface area contributed by atoms with E-state index in [4.69, 9.17) is 10.5 Å². The van der Waals surface area contributed by atoms with Gasteiger partial charge < -0.3 is 10.5 Å². The normalized spacial score (nSPS) is 10.6. The van der Waals surface area contributed by atoms with E-state index in [1.165, 1.54) is 0 Å². The van der Waals surface area contributed by atoms with Crippen LogP contribution in [0.2, 0.25) is 0 Å². The number of methoxy groups -OCH3 is 1. The molecule has 0 aliphatic carbocycles. The number of nitrogen functional groups attached to an aromatic ring is 1. The van der Waals surface area contributed by atoms with Gasteiger partial charge >= 0.3 is 0 Å². The van der Waals surface area contributed by atoms with Crippen LogP contribution in [0.1, 0.15) is 5.69 Å². The molecule has 0 fully saturated rings.